The fraction of sp³-hybridized carbons (Fsp3) is 0.412. The lowest BCUT2D eigenvalue weighted by atomic mass is 9.86. The van der Waals surface area contributed by atoms with E-state index in [0.29, 0.717) is 12.0 Å². The molecule has 1 aliphatic rings. The summed E-state index contributed by atoms with van der Waals surface area (Å²) in [6, 6.07) is 16.2. The SMILES string of the molecule is CNC1CCC(c2cccc3ccccc23)C1C. The molecule has 1 fully saturated rings. The van der Waals surface area contributed by atoms with Crippen LogP contribution in [0.3, 0.4) is 0 Å². The van der Waals surface area contributed by atoms with E-state index in [2.05, 4.69) is 61.8 Å². The second kappa shape index (κ2) is 4.74. The van der Waals surface area contributed by atoms with E-state index < -0.39 is 0 Å². The third-order valence-electron chi connectivity index (χ3n) is 4.65. The zero-order valence-electron chi connectivity index (χ0n) is 11.2. The summed E-state index contributed by atoms with van der Waals surface area (Å²) in [5.74, 6) is 1.43. The van der Waals surface area contributed by atoms with Crippen molar-refractivity contribution in [1.29, 1.82) is 0 Å². The highest BCUT2D eigenvalue weighted by Gasteiger charge is 2.33. The van der Waals surface area contributed by atoms with Crippen LogP contribution in [-0.2, 0) is 0 Å². The predicted octanol–water partition coefficient (Wildman–Crippen LogP) is 3.94. The van der Waals surface area contributed by atoms with Gasteiger partial charge in [-0.1, -0.05) is 49.4 Å². The van der Waals surface area contributed by atoms with E-state index in [1.54, 1.807) is 5.56 Å². The molecule has 1 saturated carbocycles. The van der Waals surface area contributed by atoms with Crippen molar-refractivity contribution >= 4 is 10.8 Å². The maximum atomic E-state index is 3.46. The topological polar surface area (TPSA) is 12.0 Å². The lowest BCUT2D eigenvalue weighted by Gasteiger charge is -2.22. The number of nitrogens with one attached hydrogen (secondary N) is 1. The van der Waals surface area contributed by atoms with Crippen LogP contribution in [0.5, 0.6) is 0 Å². The minimum Gasteiger partial charge on any atom is -0.317 e. The highest BCUT2D eigenvalue weighted by atomic mass is 14.9. The van der Waals surface area contributed by atoms with Crippen molar-refractivity contribution in [2.75, 3.05) is 7.05 Å². The van der Waals surface area contributed by atoms with Gasteiger partial charge >= 0.3 is 0 Å². The Hall–Kier alpha value is -1.34. The van der Waals surface area contributed by atoms with Crippen LogP contribution in [0.15, 0.2) is 42.5 Å². The quantitative estimate of drug-likeness (QED) is 0.837. The van der Waals surface area contributed by atoms with Gasteiger partial charge in [-0.3, -0.25) is 0 Å². The predicted molar refractivity (Wildman–Crippen MR) is 77.9 cm³/mol. The maximum Gasteiger partial charge on any atom is 0.00957 e. The van der Waals surface area contributed by atoms with Gasteiger partial charge in [0.05, 0.1) is 0 Å². The minimum absolute atomic E-state index is 0.675. The van der Waals surface area contributed by atoms with E-state index in [-0.39, 0.29) is 0 Å². The summed E-state index contributed by atoms with van der Waals surface area (Å²) in [7, 11) is 2.09. The molecule has 2 aromatic carbocycles. The fourth-order valence-corrected chi connectivity index (χ4v) is 3.59. The fourth-order valence-electron chi connectivity index (χ4n) is 3.59. The minimum atomic E-state index is 0.675. The van der Waals surface area contributed by atoms with Crippen LogP contribution in [-0.4, -0.2) is 13.1 Å². The Morgan fingerprint density at radius 1 is 1.00 bits per heavy atom. The van der Waals surface area contributed by atoms with Crippen LogP contribution in [0.1, 0.15) is 31.2 Å². The normalized spacial score (nSPS) is 27.8. The van der Waals surface area contributed by atoms with Gasteiger partial charge in [-0.2, -0.15) is 0 Å². The Kier molecular flexibility index (Phi) is 3.09. The molecule has 94 valence electrons. The molecular weight excluding hydrogens is 218 g/mol. The van der Waals surface area contributed by atoms with Crippen molar-refractivity contribution in [1.82, 2.24) is 5.32 Å². The van der Waals surface area contributed by atoms with Gasteiger partial charge in [0, 0.05) is 6.04 Å². The maximum absolute atomic E-state index is 3.46. The molecule has 3 unspecified atom stereocenters. The van der Waals surface area contributed by atoms with E-state index >= 15 is 0 Å². The van der Waals surface area contributed by atoms with Crippen molar-refractivity contribution in [3.8, 4) is 0 Å². The van der Waals surface area contributed by atoms with Gasteiger partial charge in [-0.15, -0.1) is 0 Å². The van der Waals surface area contributed by atoms with Crippen molar-refractivity contribution < 1.29 is 0 Å². The average Bonchev–Trinajstić information content (AvgIpc) is 2.79. The van der Waals surface area contributed by atoms with Crippen LogP contribution in [0.4, 0.5) is 0 Å². The van der Waals surface area contributed by atoms with Crippen LogP contribution < -0.4 is 5.32 Å². The second-order valence-corrected chi connectivity index (χ2v) is 5.51. The smallest absolute Gasteiger partial charge is 0.00957 e. The average molecular weight is 239 g/mol. The highest BCUT2D eigenvalue weighted by molar-refractivity contribution is 5.86. The molecule has 3 atom stereocenters. The molecule has 1 heteroatoms. The largest absolute Gasteiger partial charge is 0.317 e. The number of fused-ring (bicyclic) bond motifs is 1. The molecule has 1 nitrogen and oxygen atoms in total. The molecule has 0 spiro atoms. The molecule has 2 aromatic rings. The lowest BCUT2D eigenvalue weighted by Crippen LogP contribution is -2.28. The lowest BCUT2D eigenvalue weighted by molar-refractivity contribution is 0.430. The van der Waals surface area contributed by atoms with Crippen LogP contribution in [0, 0.1) is 5.92 Å². The van der Waals surface area contributed by atoms with E-state index in [1.165, 1.54) is 23.6 Å². The molecule has 0 bridgehead atoms. The number of rotatable bonds is 2. The Balaban J connectivity index is 2.05. The molecule has 0 aliphatic heterocycles. The molecule has 18 heavy (non-hydrogen) atoms. The number of hydrogen-bond donors (Lipinski definition) is 1. The number of benzene rings is 2. The Morgan fingerprint density at radius 2 is 1.78 bits per heavy atom. The Bertz CT molecular complexity index is 541. The van der Waals surface area contributed by atoms with Gasteiger partial charge in [0.15, 0.2) is 0 Å². The van der Waals surface area contributed by atoms with Crippen molar-refractivity contribution in [2.45, 2.75) is 31.7 Å². The molecule has 1 aliphatic carbocycles. The van der Waals surface area contributed by atoms with Gasteiger partial charge in [-0.05, 0) is 48.1 Å². The van der Waals surface area contributed by atoms with Gasteiger partial charge in [0.1, 0.15) is 0 Å². The van der Waals surface area contributed by atoms with Gasteiger partial charge in [0.25, 0.3) is 0 Å². The summed E-state index contributed by atoms with van der Waals surface area (Å²) in [5.41, 5.74) is 1.54. The number of hydrogen-bond acceptors (Lipinski definition) is 1. The molecule has 0 radical (unpaired) electrons. The van der Waals surface area contributed by atoms with Crippen LogP contribution >= 0.6 is 0 Å². The van der Waals surface area contributed by atoms with E-state index in [9.17, 15) is 0 Å². The monoisotopic (exact) mass is 239 g/mol. The summed E-state index contributed by atoms with van der Waals surface area (Å²) < 4.78 is 0. The first kappa shape index (κ1) is 11.7. The molecule has 0 aromatic heterocycles. The summed E-state index contributed by atoms with van der Waals surface area (Å²) >= 11 is 0. The highest BCUT2D eigenvalue weighted by Crippen LogP contribution is 2.41. The van der Waals surface area contributed by atoms with Crippen LogP contribution in [0.2, 0.25) is 0 Å². The summed E-state index contributed by atoms with van der Waals surface area (Å²) in [6.45, 7) is 2.39. The first-order valence-electron chi connectivity index (χ1n) is 6.96. The molecule has 0 amide bonds. The standard InChI is InChI=1S/C17H21N/c1-12-14(10-11-17(12)18-2)16-9-5-7-13-6-3-4-8-15(13)16/h3-9,12,14,17-18H,10-11H2,1-2H3. The van der Waals surface area contributed by atoms with Crippen LogP contribution in [0.25, 0.3) is 10.8 Å². The summed E-state index contributed by atoms with van der Waals surface area (Å²) in [4.78, 5) is 0. The molecule has 0 heterocycles. The second-order valence-electron chi connectivity index (χ2n) is 5.51. The molecule has 1 N–H and O–H groups in total. The van der Waals surface area contributed by atoms with Crippen molar-refractivity contribution in [2.24, 2.45) is 5.92 Å². The summed E-state index contributed by atoms with van der Waals surface area (Å²) in [6.07, 6.45) is 2.60. The summed E-state index contributed by atoms with van der Waals surface area (Å²) in [5, 5.41) is 6.27. The first-order chi connectivity index (χ1) is 8.81. The third kappa shape index (κ3) is 1.83. The Labute approximate surface area is 109 Å². The van der Waals surface area contributed by atoms with Gasteiger partial charge in [0.2, 0.25) is 0 Å². The Morgan fingerprint density at radius 3 is 2.56 bits per heavy atom. The van der Waals surface area contributed by atoms with Gasteiger partial charge < -0.3 is 5.32 Å². The van der Waals surface area contributed by atoms with Gasteiger partial charge in [-0.25, -0.2) is 0 Å². The molecule has 3 rings (SSSR count). The molecule has 0 saturated heterocycles. The molecular formula is C17H21N. The van der Waals surface area contributed by atoms with Crippen molar-refractivity contribution in [3.05, 3.63) is 48.0 Å². The first-order valence-corrected chi connectivity index (χ1v) is 6.96. The van der Waals surface area contributed by atoms with E-state index in [0.717, 1.165) is 5.92 Å². The van der Waals surface area contributed by atoms with E-state index in [4.69, 9.17) is 0 Å². The zero-order valence-corrected chi connectivity index (χ0v) is 11.2. The van der Waals surface area contributed by atoms with E-state index in [1.807, 2.05) is 0 Å². The third-order valence-corrected chi connectivity index (χ3v) is 4.65. The zero-order chi connectivity index (χ0) is 12.5. The van der Waals surface area contributed by atoms with Crippen molar-refractivity contribution in [3.63, 3.8) is 0 Å².